The van der Waals surface area contributed by atoms with Crippen molar-refractivity contribution in [1.29, 1.82) is 0 Å². The number of carbonyl (C=O) groups is 1. The molecule has 0 saturated carbocycles. The smallest absolute Gasteiger partial charge is 0.255 e. The number of hydrogen-bond donors (Lipinski definition) is 1. The molecule has 0 saturated heterocycles. The van der Waals surface area contributed by atoms with Crippen LogP contribution < -0.4 is 19.5 Å². The Morgan fingerprint density at radius 2 is 1.67 bits per heavy atom. The number of rotatable bonds is 5. The minimum Gasteiger partial charge on any atom is -0.497 e. The van der Waals surface area contributed by atoms with Crippen molar-refractivity contribution in [2.75, 3.05) is 13.9 Å². The van der Waals surface area contributed by atoms with Crippen molar-refractivity contribution in [2.45, 2.75) is 6.04 Å². The molecule has 5 nitrogen and oxygen atoms in total. The Morgan fingerprint density at radius 3 is 2.41 bits per heavy atom. The molecule has 4 rings (SSSR count). The molecular weight excluding hydrogens is 342 g/mol. The van der Waals surface area contributed by atoms with Crippen molar-refractivity contribution in [3.05, 3.63) is 89.5 Å². The fraction of sp³-hybridized carbons (Fsp3) is 0.136. The van der Waals surface area contributed by atoms with E-state index in [2.05, 4.69) is 5.32 Å². The lowest BCUT2D eigenvalue weighted by atomic mass is 9.98. The number of benzene rings is 3. The zero-order valence-corrected chi connectivity index (χ0v) is 14.8. The highest BCUT2D eigenvalue weighted by Crippen LogP contribution is 2.35. The molecule has 0 fully saturated rings. The van der Waals surface area contributed by atoms with Crippen LogP contribution in [-0.4, -0.2) is 19.8 Å². The molecule has 1 heterocycles. The van der Waals surface area contributed by atoms with Crippen LogP contribution in [0, 0.1) is 0 Å². The first-order valence-electron chi connectivity index (χ1n) is 8.64. The van der Waals surface area contributed by atoms with E-state index in [0.717, 1.165) is 16.9 Å². The minimum atomic E-state index is -0.303. The second-order valence-electron chi connectivity index (χ2n) is 6.13. The third-order valence-corrected chi connectivity index (χ3v) is 4.50. The SMILES string of the molecule is COc1ccc(C(NC(=O)c2cccc3c2OCO3)c2ccccc2)cc1. The summed E-state index contributed by atoms with van der Waals surface area (Å²) in [7, 11) is 1.63. The molecule has 5 heteroatoms. The van der Waals surface area contributed by atoms with E-state index in [4.69, 9.17) is 14.2 Å². The quantitative estimate of drug-likeness (QED) is 0.748. The highest BCUT2D eigenvalue weighted by Gasteiger charge is 2.24. The predicted molar refractivity (Wildman–Crippen MR) is 101 cm³/mol. The Kier molecular flexibility index (Phi) is 4.66. The molecule has 3 aromatic rings. The van der Waals surface area contributed by atoms with E-state index in [-0.39, 0.29) is 18.7 Å². The van der Waals surface area contributed by atoms with Crippen LogP contribution in [0.4, 0.5) is 0 Å². The van der Waals surface area contributed by atoms with E-state index < -0.39 is 0 Å². The molecule has 0 spiro atoms. The molecule has 1 N–H and O–H groups in total. The van der Waals surface area contributed by atoms with Crippen molar-refractivity contribution >= 4 is 5.91 Å². The molecule has 1 amide bonds. The lowest BCUT2D eigenvalue weighted by molar-refractivity contribution is 0.0938. The molecule has 27 heavy (non-hydrogen) atoms. The van der Waals surface area contributed by atoms with Gasteiger partial charge in [0.15, 0.2) is 11.5 Å². The Labute approximate surface area is 157 Å². The van der Waals surface area contributed by atoms with E-state index in [1.54, 1.807) is 25.3 Å². The van der Waals surface area contributed by atoms with Gasteiger partial charge in [-0.05, 0) is 35.4 Å². The molecule has 3 aromatic carbocycles. The number of methoxy groups -OCH3 is 1. The van der Waals surface area contributed by atoms with Gasteiger partial charge in [0.2, 0.25) is 6.79 Å². The van der Waals surface area contributed by atoms with Crippen LogP contribution in [0.3, 0.4) is 0 Å². The average molecular weight is 361 g/mol. The van der Waals surface area contributed by atoms with Crippen molar-refractivity contribution in [3.8, 4) is 17.2 Å². The van der Waals surface area contributed by atoms with Gasteiger partial charge >= 0.3 is 0 Å². The van der Waals surface area contributed by atoms with Gasteiger partial charge in [0.25, 0.3) is 5.91 Å². The van der Waals surface area contributed by atoms with Crippen LogP contribution >= 0.6 is 0 Å². The zero-order chi connectivity index (χ0) is 18.6. The number of carbonyl (C=O) groups excluding carboxylic acids is 1. The maximum Gasteiger partial charge on any atom is 0.255 e. The number of ether oxygens (including phenoxy) is 3. The lowest BCUT2D eigenvalue weighted by Gasteiger charge is -2.20. The molecule has 0 aliphatic carbocycles. The molecule has 1 aliphatic rings. The Balaban J connectivity index is 1.67. The summed E-state index contributed by atoms with van der Waals surface area (Å²) in [6, 6.07) is 22.5. The first kappa shape index (κ1) is 17.0. The van der Waals surface area contributed by atoms with Gasteiger partial charge in [-0.1, -0.05) is 48.5 Å². The third kappa shape index (κ3) is 3.44. The average Bonchev–Trinajstić information content (AvgIpc) is 3.21. The molecular formula is C22H19NO4. The summed E-state index contributed by atoms with van der Waals surface area (Å²) < 4.78 is 16.1. The number of amides is 1. The minimum absolute atomic E-state index is 0.125. The molecule has 136 valence electrons. The van der Waals surface area contributed by atoms with Crippen LogP contribution in [0.1, 0.15) is 27.5 Å². The number of nitrogens with one attached hydrogen (secondary N) is 1. The van der Waals surface area contributed by atoms with Crippen LogP contribution in [0.5, 0.6) is 17.2 Å². The Hall–Kier alpha value is -3.47. The highest BCUT2D eigenvalue weighted by molar-refractivity contribution is 5.98. The monoisotopic (exact) mass is 361 g/mol. The number of para-hydroxylation sites is 1. The van der Waals surface area contributed by atoms with E-state index in [1.807, 2.05) is 54.6 Å². The van der Waals surface area contributed by atoms with Gasteiger partial charge in [-0.15, -0.1) is 0 Å². The first-order chi connectivity index (χ1) is 13.3. The fourth-order valence-electron chi connectivity index (χ4n) is 3.12. The third-order valence-electron chi connectivity index (χ3n) is 4.50. The van der Waals surface area contributed by atoms with Gasteiger partial charge in [0.05, 0.1) is 18.7 Å². The largest absolute Gasteiger partial charge is 0.497 e. The van der Waals surface area contributed by atoms with Crippen molar-refractivity contribution < 1.29 is 19.0 Å². The maximum atomic E-state index is 13.0. The summed E-state index contributed by atoms with van der Waals surface area (Å²) in [4.78, 5) is 13.0. The normalized spacial score (nSPS) is 13.1. The standard InChI is InChI=1S/C22H19NO4/c1-25-17-12-10-16(11-13-17)20(15-6-3-2-4-7-15)23-22(24)18-8-5-9-19-21(18)27-14-26-19/h2-13,20H,14H2,1H3,(H,23,24). The Bertz CT molecular complexity index is 938. The number of fused-ring (bicyclic) bond motifs is 1. The summed E-state index contributed by atoms with van der Waals surface area (Å²) in [5, 5.41) is 3.12. The van der Waals surface area contributed by atoms with E-state index in [1.165, 1.54) is 0 Å². The highest BCUT2D eigenvalue weighted by atomic mass is 16.7. The van der Waals surface area contributed by atoms with Gasteiger partial charge in [0.1, 0.15) is 5.75 Å². The molecule has 1 atom stereocenters. The van der Waals surface area contributed by atoms with E-state index in [9.17, 15) is 4.79 Å². The second kappa shape index (κ2) is 7.41. The Morgan fingerprint density at radius 1 is 0.926 bits per heavy atom. The van der Waals surface area contributed by atoms with Crippen LogP contribution in [0.2, 0.25) is 0 Å². The topological polar surface area (TPSA) is 56.8 Å². The van der Waals surface area contributed by atoms with Crippen LogP contribution in [-0.2, 0) is 0 Å². The maximum absolute atomic E-state index is 13.0. The van der Waals surface area contributed by atoms with Gasteiger partial charge in [-0.25, -0.2) is 0 Å². The number of hydrogen-bond acceptors (Lipinski definition) is 4. The molecule has 0 aromatic heterocycles. The summed E-state index contributed by atoms with van der Waals surface area (Å²) >= 11 is 0. The first-order valence-corrected chi connectivity index (χ1v) is 8.64. The fourth-order valence-corrected chi connectivity index (χ4v) is 3.12. The van der Waals surface area contributed by atoms with Gasteiger partial charge in [-0.2, -0.15) is 0 Å². The molecule has 0 bridgehead atoms. The van der Waals surface area contributed by atoms with E-state index in [0.29, 0.717) is 17.1 Å². The van der Waals surface area contributed by atoms with Gasteiger partial charge in [0, 0.05) is 0 Å². The second-order valence-corrected chi connectivity index (χ2v) is 6.13. The zero-order valence-electron chi connectivity index (χ0n) is 14.8. The van der Waals surface area contributed by atoms with E-state index >= 15 is 0 Å². The van der Waals surface area contributed by atoms with Crippen LogP contribution in [0.25, 0.3) is 0 Å². The lowest BCUT2D eigenvalue weighted by Crippen LogP contribution is -2.29. The molecule has 1 aliphatic heterocycles. The van der Waals surface area contributed by atoms with Crippen LogP contribution in [0.15, 0.2) is 72.8 Å². The van der Waals surface area contributed by atoms with Crippen molar-refractivity contribution in [2.24, 2.45) is 0 Å². The van der Waals surface area contributed by atoms with Crippen molar-refractivity contribution in [3.63, 3.8) is 0 Å². The summed E-state index contributed by atoms with van der Waals surface area (Å²) in [6.07, 6.45) is 0. The van der Waals surface area contributed by atoms with Gasteiger partial charge in [-0.3, -0.25) is 4.79 Å². The molecule has 0 radical (unpaired) electrons. The molecule has 1 unspecified atom stereocenters. The summed E-state index contributed by atoms with van der Waals surface area (Å²) in [6.45, 7) is 0.125. The van der Waals surface area contributed by atoms with Gasteiger partial charge < -0.3 is 19.5 Å². The summed E-state index contributed by atoms with van der Waals surface area (Å²) in [5.41, 5.74) is 2.40. The summed E-state index contributed by atoms with van der Waals surface area (Å²) in [5.74, 6) is 1.62. The van der Waals surface area contributed by atoms with Crippen molar-refractivity contribution in [1.82, 2.24) is 5.32 Å². The predicted octanol–water partition coefficient (Wildman–Crippen LogP) is 3.94.